The third-order valence-electron chi connectivity index (χ3n) is 4.28. The highest BCUT2D eigenvalue weighted by atomic mass is 35.5. The summed E-state index contributed by atoms with van der Waals surface area (Å²) in [5.41, 5.74) is 1.92. The quantitative estimate of drug-likeness (QED) is 0.608. The van der Waals surface area contributed by atoms with Gasteiger partial charge in [0.05, 0.1) is 12.1 Å². The van der Waals surface area contributed by atoms with Crippen LogP contribution in [0, 0.1) is 5.82 Å². The van der Waals surface area contributed by atoms with Crippen LogP contribution in [0.5, 0.6) is 11.5 Å². The predicted octanol–water partition coefficient (Wildman–Crippen LogP) is 5.77. The molecule has 0 heterocycles. The van der Waals surface area contributed by atoms with Crippen LogP contribution in [0.2, 0.25) is 5.02 Å². The van der Waals surface area contributed by atoms with Gasteiger partial charge in [0.15, 0.2) is 11.5 Å². The summed E-state index contributed by atoms with van der Waals surface area (Å²) in [7, 11) is 1.61. The first kappa shape index (κ1) is 22.6. The summed E-state index contributed by atoms with van der Waals surface area (Å²) in [6.07, 6.45) is 1.05. The molecular formula is C20H26Cl2FNO2. The molecule has 0 saturated heterocycles. The van der Waals surface area contributed by atoms with Crippen molar-refractivity contribution in [2.45, 2.75) is 45.9 Å². The number of hydrogen-bond acceptors (Lipinski definition) is 3. The molecule has 3 nitrogen and oxygen atoms in total. The predicted molar refractivity (Wildman–Crippen MR) is 107 cm³/mol. The maximum Gasteiger partial charge on any atom is 0.161 e. The van der Waals surface area contributed by atoms with Gasteiger partial charge in [-0.05, 0) is 50.1 Å². The minimum atomic E-state index is -0.363. The van der Waals surface area contributed by atoms with Crippen molar-refractivity contribution >= 4 is 24.0 Å². The van der Waals surface area contributed by atoms with Crippen LogP contribution in [0.1, 0.15) is 38.3 Å². The lowest BCUT2D eigenvalue weighted by molar-refractivity contribution is 0.284. The van der Waals surface area contributed by atoms with E-state index in [0.717, 1.165) is 24.1 Å². The van der Waals surface area contributed by atoms with Crippen molar-refractivity contribution in [1.82, 2.24) is 5.32 Å². The molecule has 0 aliphatic carbocycles. The van der Waals surface area contributed by atoms with Crippen molar-refractivity contribution in [1.29, 1.82) is 0 Å². The van der Waals surface area contributed by atoms with E-state index >= 15 is 0 Å². The van der Waals surface area contributed by atoms with Crippen molar-refractivity contribution in [3.05, 3.63) is 58.4 Å². The fourth-order valence-corrected chi connectivity index (χ4v) is 2.42. The third-order valence-corrected chi connectivity index (χ3v) is 4.63. The molecule has 0 aromatic heterocycles. The lowest BCUT2D eigenvalue weighted by Crippen LogP contribution is -2.37. The van der Waals surface area contributed by atoms with E-state index in [1.807, 2.05) is 18.2 Å². The number of halogens is 3. The van der Waals surface area contributed by atoms with Crippen molar-refractivity contribution < 1.29 is 13.9 Å². The monoisotopic (exact) mass is 401 g/mol. The Hall–Kier alpha value is -1.49. The van der Waals surface area contributed by atoms with Crippen LogP contribution in [-0.2, 0) is 13.2 Å². The van der Waals surface area contributed by atoms with Crippen LogP contribution in [0.4, 0.5) is 4.39 Å². The maximum atomic E-state index is 13.1. The van der Waals surface area contributed by atoms with Gasteiger partial charge in [0, 0.05) is 17.6 Å². The average Bonchev–Trinajstić information content (AvgIpc) is 2.59. The number of nitrogens with one attached hydrogen (secondary N) is 1. The smallest absolute Gasteiger partial charge is 0.161 e. The van der Waals surface area contributed by atoms with Crippen LogP contribution in [0.25, 0.3) is 0 Å². The molecule has 0 radical (unpaired) electrons. The number of methoxy groups -OCH3 is 1. The van der Waals surface area contributed by atoms with E-state index in [1.165, 1.54) is 12.1 Å². The van der Waals surface area contributed by atoms with Gasteiger partial charge in [0.25, 0.3) is 0 Å². The summed E-state index contributed by atoms with van der Waals surface area (Å²) in [5.74, 6) is 0.923. The maximum absolute atomic E-state index is 13.1. The van der Waals surface area contributed by atoms with Crippen LogP contribution in [0.15, 0.2) is 36.4 Å². The number of hydrogen-bond donors (Lipinski definition) is 1. The summed E-state index contributed by atoms with van der Waals surface area (Å²) >= 11 is 6.03. The van der Waals surface area contributed by atoms with Gasteiger partial charge < -0.3 is 14.8 Å². The summed E-state index contributed by atoms with van der Waals surface area (Å²) in [5, 5.41) is 3.87. The number of rotatable bonds is 8. The zero-order valence-electron chi connectivity index (χ0n) is 15.6. The standard InChI is InChI=1S/C20H25ClFNO2.ClH/c1-5-20(2,3)23-12-14-6-9-18(19(10-14)24-4)25-13-15-7-8-16(22)11-17(15)21;/h6-11,23H,5,12-13H2,1-4H3;1H. The molecule has 0 saturated carbocycles. The Morgan fingerprint density at radius 3 is 2.46 bits per heavy atom. The first-order chi connectivity index (χ1) is 11.8. The van der Waals surface area contributed by atoms with Crippen LogP contribution in [-0.4, -0.2) is 12.6 Å². The Labute approximate surface area is 166 Å². The minimum absolute atomic E-state index is 0. The molecule has 6 heteroatoms. The van der Waals surface area contributed by atoms with Gasteiger partial charge in [0.2, 0.25) is 0 Å². The molecule has 0 fully saturated rings. The molecular weight excluding hydrogens is 376 g/mol. The molecule has 0 amide bonds. The zero-order chi connectivity index (χ0) is 18.4. The Morgan fingerprint density at radius 2 is 1.85 bits per heavy atom. The van der Waals surface area contributed by atoms with Gasteiger partial charge in [-0.1, -0.05) is 30.7 Å². The van der Waals surface area contributed by atoms with Crippen molar-refractivity contribution in [2.75, 3.05) is 7.11 Å². The van der Waals surface area contributed by atoms with Crippen LogP contribution >= 0.6 is 24.0 Å². The van der Waals surface area contributed by atoms with E-state index in [0.29, 0.717) is 16.5 Å². The third kappa shape index (κ3) is 6.35. The van der Waals surface area contributed by atoms with Gasteiger partial charge in [-0.3, -0.25) is 0 Å². The topological polar surface area (TPSA) is 30.5 Å². The van der Waals surface area contributed by atoms with Gasteiger partial charge in [0.1, 0.15) is 12.4 Å². The highest BCUT2D eigenvalue weighted by Crippen LogP contribution is 2.30. The van der Waals surface area contributed by atoms with Crippen LogP contribution < -0.4 is 14.8 Å². The summed E-state index contributed by atoms with van der Waals surface area (Å²) in [4.78, 5) is 0. The van der Waals surface area contributed by atoms with Gasteiger partial charge in [-0.15, -0.1) is 12.4 Å². The Bertz CT molecular complexity index is 723. The first-order valence-electron chi connectivity index (χ1n) is 8.33. The normalized spacial score (nSPS) is 11.0. The van der Waals surface area contributed by atoms with E-state index in [4.69, 9.17) is 21.1 Å². The second-order valence-corrected chi connectivity index (χ2v) is 7.01. The van der Waals surface area contributed by atoms with Crippen molar-refractivity contribution in [3.63, 3.8) is 0 Å². The molecule has 0 aliphatic rings. The largest absolute Gasteiger partial charge is 0.493 e. The van der Waals surface area contributed by atoms with E-state index in [-0.39, 0.29) is 30.4 Å². The Balaban J connectivity index is 0.00000338. The number of benzene rings is 2. The van der Waals surface area contributed by atoms with Gasteiger partial charge in [-0.2, -0.15) is 0 Å². The Kier molecular flexibility index (Phi) is 8.68. The second-order valence-electron chi connectivity index (χ2n) is 6.60. The summed E-state index contributed by atoms with van der Waals surface area (Å²) in [6.45, 7) is 7.50. The van der Waals surface area contributed by atoms with E-state index in [9.17, 15) is 4.39 Å². The second kappa shape index (κ2) is 10.0. The van der Waals surface area contributed by atoms with E-state index in [2.05, 4.69) is 26.1 Å². The molecule has 0 spiro atoms. The van der Waals surface area contributed by atoms with Crippen molar-refractivity contribution in [3.8, 4) is 11.5 Å². The molecule has 0 atom stereocenters. The average molecular weight is 402 g/mol. The molecule has 0 bridgehead atoms. The molecule has 26 heavy (non-hydrogen) atoms. The summed E-state index contributed by atoms with van der Waals surface area (Å²) < 4.78 is 24.3. The zero-order valence-corrected chi connectivity index (χ0v) is 17.1. The lowest BCUT2D eigenvalue weighted by Gasteiger charge is -2.24. The highest BCUT2D eigenvalue weighted by molar-refractivity contribution is 6.31. The highest BCUT2D eigenvalue weighted by Gasteiger charge is 2.14. The van der Waals surface area contributed by atoms with Gasteiger partial charge >= 0.3 is 0 Å². The molecule has 144 valence electrons. The van der Waals surface area contributed by atoms with Crippen LogP contribution in [0.3, 0.4) is 0 Å². The van der Waals surface area contributed by atoms with E-state index in [1.54, 1.807) is 13.2 Å². The number of ether oxygens (including phenoxy) is 2. The summed E-state index contributed by atoms with van der Waals surface area (Å²) in [6, 6.07) is 10.1. The molecule has 0 aliphatic heterocycles. The molecule has 2 aromatic carbocycles. The fraction of sp³-hybridized carbons (Fsp3) is 0.400. The lowest BCUT2D eigenvalue weighted by atomic mass is 10.0. The molecule has 2 rings (SSSR count). The van der Waals surface area contributed by atoms with E-state index < -0.39 is 0 Å². The SMILES string of the molecule is CCC(C)(C)NCc1ccc(OCc2ccc(F)cc2Cl)c(OC)c1.Cl. The molecule has 2 aromatic rings. The van der Waals surface area contributed by atoms with Gasteiger partial charge in [-0.25, -0.2) is 4.39 Å². The fourth-order valence-electron chi connectivity index (χ4n) is 2.20. The Morgan fingerprint density at radius 1 is 1.12 bits per heavy atom. The molecule has 1 N–H and O–H groups in total. The van der Waals surface area contributed by atoms with Crippen molar-refractivity contribution in [2.24, 2.45) is 0 Å². The minimum Gasteiger partial charge on any atom is -0.493 e. The first-order valence-corrected chi connectivity index (χ1v) is 8.71. The molecule has 0 unspecified atom stereocenters.